The zero-order valence-electron chi connectivity index (χ0n) is 10.8. The number of carboxylic acid groups (broad SMARTS) is 1. The van der Waals surface area contributed by atoms with Gasteiger partial charge in [-0.3, -0.25) is 0 Å². The second kappa shape index (κ2) is 5.29. The molecule has 4 nitrogen and oxygen atoms in total. The van der Waals surface area contributed by atoms with Crippen LogP contribution in [0.25, 0.3) is 0 Å². The summed E-state index contributed by atoms with van der Waals surface area (Å²) in [5.41, 5.74) is 1.17. The summed E-state index contributed by atoms with van der Waals surface area (Å²) >= 11 is 0. The Morgan fingerprint density at radius 1 is 1.50 bits per heavy atom. The van der Waals surface area contributed by atoms with Gasteiger partial charge in [0.1, 0.15) is 5.75 Å². The van der Waals surface area contributed by atoms with Gasteiger partial charge < -0.3 is 14.7 Å². The number of anilines is 1. The molecule has 0 atom stereocenters. The Balaban J connectivity index is 2.26. The molecule has 0 saturated heterocycles. The highest BCUT2D eigenvalue weighted by Crippen LogP contribution is 2.34. The molecule has 18 heavy (non-hydrogen) atoms. The monoisotopic (exact) mass is 249 g/mol. The maximum Gasteiger partial charge on any atom is 0.335 e. The van der Waals surface area contributed by atoms with Gasteiger partial charge in [-0.1, -0.05) is 0 Å². The first kappa shape index (κ1) is 12.7. The van der Waals surface area contributed by atoms with Gasteiger partial charge in [0.05, 0.1) is 17.9 Å². The molecular formula is C14H19NO3. The molecule has 0 aliphatic heterocycles. The van der Waals surface area contributed by atoms with Crippen LogP contribution in [0, 0.1) is 5.92 Å². The van der Waals surface area contributed by atoms with Crippen LogP contribution >= 0.6 is 0 Å². The number of carbonyl (C=O) groups is 1. The maximum atomic E-state index is 11.0. The van der Waals surface area contributed by atoms with Crippen molar-refractivity contribution in [1.29, 1.82) is 0 Å². The number of rotatable bonds is 6. The SMILES string of the molecule is CCOc1ccc(C(=O)O)cc1N(C)CC1CC1. The van der Waals surface area contributed by atoms with Crippen LogP contribution in [0.15, 0.2) is 18.2 Å². The standard InChI is InChI=1S/C14H19NO3/c1-3-18-13-7-6-11(14(16)17)8-12(13)15(2)9-10-4-5-10/h6-8,10H,3-5,9H2,1-2H3,(H,16,17). The lowest BCUT2D eigenvalue weighted by Crippen LogP contribution is -2.21. The molecule has 0 radical (unpaired) electrons. The van der Waals surface area contributed by atoms with E-state index in [9.17, 15) is 4.79 Å². The van der Waals surface area contributed by atoms with Crippen LogP contribution in [0.4, 0.5) is 5.69 Å². The minimum Gasteiger partial charge on any atom is -0.492 e. The van der Waals surface area contributed by atoms with Gasteiger partial charge in [0.15, 0.2) is 0 Å². The third-order valence-electron chi connectivity index (χ3n) is 3.15. The number of aromatic carboxylic acids is 1. The Morgan fingerprint density at radius 3 is 2.78 bits per heavy atom. The third kappa shape index (κ3) is 2.94. The molecule has 0 spiro atoms. The van der Waals surface area contributed by atoms with Gasteiger partial charge >= 0.3 is 5.97 Å². The fraction of sp³-hybridized carbons (Fsp3) is 0.500. The molecule has 0 unspecified atom stereocenters. The molecule has 0 bridgehead atoms. The van der Waals surface area contributed by atoms with Crippen LogP contribution in [0.5, 0.6) is 5.75 Å². The fourth-order valence-electron chi connectivity index (χ4n) is 2.01. The fourth-order valence-corrected chi connectivity index (χ4v) is 2.01. The van der Waals surface area contributed by atoms with Crippen molar-refractivity contribution < 1.29 is 14.6 Å². The van der Waals surface area contributed by atoms with Gasteiger partial charge in [0.25, 0.3) is 0 Å². The second-order valence-corrected chi connectivity index (χ2v) is 4.74. The van der Waals surface area contributed by atoms with E-state index in [4.69, 9.17) is 9.84 Å². The molecule has 1 fully saturated rings. The third-order valence-corrected chi connectivity index (χ3v) is 3.15. The van der Waals surface area contributed by atoms with Gasteiger partial charge in [-0.2, -0.15) is 0 Å². The highest BCUT2D eigenvalue weighted by Gasteiger charge is 2.24. The van der Waals surface area contributed by atoms with Gasteiger partial charge in [0, 0.05) is 13.6 Å². The quantitative estimate of drug-likeness (QED) is 0.842. The first-order chi connectivity index (χ1) is 8.61. The van der Waals surface area contributed by atoms with Gasteiger partial charge in [-0.05, 0) is 43.9 Å². The molecule has 1 aromatic carbocycles. The van der Waals surface area contributed by atoms with E-state index in [0.717, 1.165) is 23.9 Å². The average Bonchev–Trinajstić information content (AvgIpc) is 3.13. The van der Waals surface area contributed by atoms with E-state index < -0.39 is 5.97 Å². The van der Waals surface area contributed by atoms with Crippen LogP contribution < -0.4 is 9.64 Å². The number of nitrogens with zero attached hydrogens (tertiary/aromatic N) is 1. The van der Waals surface area contributed by atoms with E-state index in [-0.39, 0.29) is 0 Å². The molecule has 1 aromatic rings. The molecule has 0 aromatic heterocycles. The van der Waals surface area contributed by atoms with Gasteiger partial charge in [-0.15, -0.1) is 0 Å². The first-order valence-electron chi connectivity index (χ1n) is 6.33. The van der Waals surface area contributed by atoms with Crippen LogP contribution in [0.2, 0.25) is 0 Å². The minimum atomic E-state index is -0.904. The van der Waals surface area contributed by atoms with Crippen molar-refractivity contribution in [2.24, 2.45) is 5.92 Å². The van der Waals surface area contributed by atoms with E-state index in [2.05, 4.69) is 4.90 Å². The first-order valence-corrected chi connectivity index (χ1v) is 6.33. The molecule has 0 heterocycles. The van der Waals surface area contributed by atoms with E-state index in [0.29, 0.717) is 12.2 Å². The minimum absolute atomic E-state index is 0.302. The van der Waals surface area contributed by atoms with Crippen molar-refractivity contribution >= 4 is 11.7 Å². The number of benzene rings is 1. The van der Waals surface area contributed by atoms with Gasteiger partial charge in [-0.25, -0.2) is 4.79 Å². The molecular weight excluding hydrogens is 230 g/mol. The number of ether oxygens (including phenoxy) is 1. The predicted octanol–water partition coefficient (Wildman–Crippen LogP) is 2.63. The van der Waals surface area contributed by atoms with E-state index in [1.165, 1.54) is 12.8 Å². The number of carboxylic acids is 1. The summed E-state index contributed by atoms with van der Waals surface area (Å²) < 4.78 is 5.56. The molecule has 1 aliphatic carbocycles. The van der Waals surface area contributed by atoms with Crippen molar-refractivity contribution in [2.75, 3.05) is 25.1 Å². The van der Waals surface area contributed by atoms with Gasteiger partial charge in [0.2, 0.25) is 0 Å². The Hall–Kier alpha value is -1.71. The lowest BCUT2D eigenvalue weighted by atomic mass is 10.1. The molecule has 2 rings (SSSR count). The van der Waals surface area contributed by atoms with Crippen LogP contribution in [0.1, 0.15) is 30.1 Å². The summed E-state index contributed by atoms with van der Waals surface area (Å²) in [5, 5.41) is 9.05. The second-order valence-electron chi connectivity index (χ2n) is 4.74. The highest BCUT2D eigenvalue weighted by molar-refractivity contribution is 5.89. The van der Waals surface area contributed by atoms with Crippen LogP contribution in [0.3, 0.4) is 0 Å². The number of hydrogen-bond donors (Lipinski definition) is 1. The zero-order valence-corrected chi connectivity index (χ0v) is 10.8. The molecule has 1 N–H and O–H groups in total. The smallest absolute Gasteiger partial charge is 0.335 e. The predicted molar refractivity (Wildman–Crippen MR) is 70.6 cm³/mol. The van der Waals surface area contributed by atoms with Crippen molar-refractivity contribution in [3.8, 4) is 5.75 Å². The summed E-state index contributed by atoms with van der Waals surface area (Å²) in [6.45, 7) is 3.47. The maximum absolute atomic E-state index is 11.0. The zero-order chi connectivity index (χ0) is 13.1. The normalized spacial score (nSPS) is 14.3. The van der Waals surface area contributed by atoms with Crippen molar-refractivity contribution in [3.05, 3.63) is 23.8 Å². The molecule has 1 aliphatic rings. The summed E-state index contributed by atoms with van der Waals surface area (Å²) in [6, 6.07) is 5.02. The van der Waals surface area contributed by atoms with Crippen molar-refractivity contribution in [1.82, 2.24) is 0 Å². The van der Waals surface area contributed by atoms with Crippen molar-refractivity contribution in [2.45, 2.75) is 19.8 Å². The number of hydrogen-bond acceptors (Lipinski definition) is 3. The summed E-state index contributed by atoms with van der Waals surface area (Å²) in [4.78, 5) is 13.1. The van der Waals surface area contributed by atoms with Crippen molar-refractivity contribution in [3.63, 3.8) is 0 Å². The largest absolute Gasteiger partial charge is 0.492 e. The summed E-state index contributed by atoms with van der Waals surface area (Å²) in [7, 11) is 1.99. The molecule has 1 saturated carbocycles. The Morgan fingerprint density at radius 2 is 2.22 bits per heavy atom. The van der Waals surface area contributed by atoms with E-state index in [1.54, 1.807) is 18.2 Å². The lowest BCUT2D eigenvalue weighted by molar-refractivity contribution is 0.0697. The topological polar surface area (TPSA) is 49.8 Å². The van der Waals surface area contributed by atoms with E-state index in [1.807, 2.05) is 14.0 Å². The highest BCUT2D eigenvalue weighted by atomic mass is 16.5. The Labute approximate surface area is 107 Å². The molecule has 98 valence electrons. The van der Waals surface area contributed by atoms with E-state index >= 15 is 0 Å². The summed E-state index contributed by atoms with van der Waals surface area (Å²) in [6.07, 6.45) is 2.54. The molecule has 0 amide bonds. The summed E-state index contributed by atoms with van der Waals surface area (Å²) in [5.74, 6) is 0.600. The Bertz CT molecular complexity index is 441. The van der Waals surface area contributed by atoms with Crippen LogP contribution in [-0.4, -0.2) is 31.3 Å². The lowest BCUT2D eigenvalue weighted by Gasteiger charge is -2.22. The van der Waals surface area contributed by atoms with Crippen LogP contribution in [-0.2, 0) is 0 Å². The molecule has 4 heteroatoms. The Kier molecular flexibility index (Phi) is 3.75. The average molecular weight is 249 g/mol.